The standard InChI is InChI=1S/C17H21ClN4O2/c18-12-4-6-13(7-5-12)24-15-10-20-17(19)22-16(15)21-14-3-1-2-11(14)8-9-23/h4-7,10-11,14,23H,1-3,8-9H2,(H3,19,20,21,22)/t11-,14-/m1/s1. The molecular formula is C17H21ClN4O2. The highest BCUT2D eigenvalue weighted by atomic mass is 35.5. The van der Waals surface area contributed by atoms with Gasteiger partial charge in [-0.25, -0.2) is 4.98 Å². The van der Waals surface area contributed by atoms with Crippen LogP contribution in [0.1, 0.15) is 25.7 Å². The van der Waals surface area contributed by atoms with Crippen LogP contribution in [0.25, 0.3) is 0 Å². The van der Waals surface area contributed by atoms with Crippen LogP contribution in [0.4, 0.5) is 11.8 Å². The highest BCUT2D eigenvalue weighted by Gasteiger charge is 2.28. The van der Waals surface area contributed by atoms with Gasteiger partial charge in [-0.3, -0.25) is 0 Å². The average Bonchev–Trinajstić information content (AvgIpc) is 2.99. The van der Waals surface area contributed by atoms with Crippen LogP contribution in [0.15, 0.2) is 30.5 Å². The third-order valence-corrected chi connectivity index (χ3v) is 4.55. The zero-order chi connectivity index (χ0) is 16.9. The minimum absolute atomic E-state index is 0.192. The molecule has 6 nitrogen and oxygen atoms in total. The summed E-state index contributed by atoms with van der Waals surface area (Å²) >= 11 is 5.90. The van der Waals surface area contributed by atoms with Gasteiger partial charge in [0.05, 0.1) is 6.20 Å². The molecule has 1 heterocycles. The van der Waals surface area contributed by atoms with E-state index in [0.29, 0.717) is 28.3 Å². The fourth-order valence-corrected chi connectivity index (χ4v) is 3.23. The first kappa shape index (κ1) is 16.8. The van der Waals surface area contributed by atoms with Crippen LogP contribution in [0.5, 0.6) is 11.5 Å². The second-order valence-electron chi connectivity index (χ2n) is 5.95. The molecule has 0 spiro atoms. The van der Waals surface area contributed by atoms with E-state index in [-0.39, 0.29) is 18.6 Å². The van der Waals surface area contributed by atoms with Crippen molar-refractivity contribution < 1.29 is 9.84 Å². The number of hydrogen-bond donors (Lipinski definition) is 3. The van der Waals surface area contributed by atoms with Gasteiger partial charge in [0.2, 0.25) is 5.95 Å². The SMILES string of the molecule is Nc1ncc(Oc2ccc(Cl)cc2)c(N[C@@H]2CCC[C@@H]2CCO)n1. The van der Waals surface area contributed by atoms with Crippen molar-refractivity contribution in [3.8, 4) is 11.5 Å². The summed E-state index contributed by atoms with van der Waals surface area (Å²) in [7, 11) is 0. The predicted molar refractivity (Wildman–Crippen MR) is 94.4 cm³/mol. The molecular weight excluding hydrogens is 328 g/mol. The molecule has 7 heteroatoms. The Morgan fingerprint density at radius 1 is 1.29 bits per heavy atom. The van der Waals surface area contributed by atoms with E-state index in [4.69, 9.17) is 22.1 Å². The number of rotatable bonds is 6. The molecule has 0 amide bonds. The summed E-state index contributed by atoms with van der Waals surface area (Å²) in [5, 5.41) is 13.3. The van der Waals surface area contributed by atoms with Crippen LogP contribution in [0.3, 0.4) is 0 Å². The van der Waals surface area contributed by atoms with Crippen molar-refractivity contribution in [1.29, 1.82) is 0 Å². The fourth-order valence-electron chi connectivity index (χ4n) is 3.11. The van der Waals surface area contributed by atoms with Crippen molar-refractivity contribution in [2.24, 2.45) is 5.92 Å². The molecule has 2 atom stereocenters. The number of anilines is 2. The fraction of sp³-hybridized carbons (Fsp3) is 0.412. The van der Waals surface area contributed by atoms with E-state index in [1.54, 1.807) is 30.5 Å². The number of halogens is 1. The largest absolute Gasteiger partial charge is 0.452 e. The molecule has 1 aromatic heterocycles. The van der Waals surface area contributed by atoms with Gasteiger partial charge in [-0.1, -0.05) is 18.0 Å². The molecule has 128 valence electrons. The molecule has 0 radical (unpaired) electrons. The van der Waals surface area contributed by atoms with Gasteiger partial charge in [-0.05, 0) is 49.4 Å². The molecule has 4 N–H and O–H groups in total. The molecule has 3 rings (SSSR count). The first-order chi connectivity index (χ1) is 11.7. The molecule has 0 aliphatic heterocycles. The highest BCUT2D eigenvalue weighted by molar-refractivity contribution is 6.30. The minimum Gasteiger partial charge on any atom is -0.452 e. The van der Waals surface area contributed by atoms with Gasteiger partial charge in [0, 0.05) is 17.7 Å². The van der Waals surface area contributed by atoms with Crippen molar-refractivity contribution in [2.45, 2.75) is 31.7 Å². The summed E-state index contributed by atoms with van der Waals surface area (Å²) in [5.74, 6) is 2.36. The third kappa shape index (κ3) is 4.07. The van der Waals surface area contributed by atoms with E-state index in [1.807, 2.05) is 0 Å². The Labute approximate surface area is 146 Å². The molecule has 0 saturated heterocycles. The monoisotopic (exact) mass is 348 g/mol. The van der Waals surface area contributed by atoms with Gasteiger partial charge in [0.25, 0.3) is 0 Å². The van der Waals surface area contributed by atoms with E-state index in [2.05, 4.69) is 15.3 Å². The number of aromatic nitrogens is 2. The number of nitrogens with two attached hydrogens (primary N) is 1. The van der Waals surface area contributed by atoms with Gasteiger partial charge in [0.1, 0.15) is 5.75 Å². The van der Waals surface area contributed by atoms with Crippen molar-refractivity contribution in [1.82, 2.24) is 9.97 Å². The van der Waals surface area contributed by atoms with E-state index < -0.39 is 0 Å². The van der Waals surface area contributed by atoms with Crippen molar-refractivity contribution in [2.75, 3.05) is 17.7 Å². The third-order valence-electron chi connectivity index (χ3n) is 4.30. The lowest BCUT2D eigenvalue weighted by Gasteiger charge is -2.22. The van der Waals surface area contributed by atoms with Crippen molar-refractivity contribution in [3.63, 3.8) is 0 Å². The summed E-state index contributed by atoms with van der Waals surface area (Å²) < 4.78 is 5.87. The second-order valence-corrected chi connectivity index (χ2v) is 6.39. The minimum atomic E-state index is 0.192. The Hall–Kier alpha value is -2.05. The zero-order valence-electron chi connectivity index (χ0n) is 13.3. The van der Waals surface area contributed by atoms with Crippen LogP contribution in [-0.4, -0.2) is 27.7 Å². The van der Waals surface area contributed by atoms with Crippen LogP contribution < -0.4 is 15.8 Å². The summed E-state index contributed by atoms with van der Waals surface area (Å²) in [4.78, 5) is 8.31. The maximum absolute atomic E-state index is 9.22. The van der Waals surface area contributed by atoms with E-state index >= 15 is 0 Å². The van der Waals surface area contributed by atoms with Crippen molar-refractivity contribution in [3.05, 3.63) is 35.5 Å². The number of aliphatic hydroxyl groups is 1. The number of benzene rings is 1. The Morgan fingerprint density at radius 2 is 2.08 bits per heavy atom. The Bertz CT molecular complexity index is 681. The predicted octanol–water partition coefficient (Wildman–Crippen LogP) is 3.47. The quantitative estimate of drug-likeness (QED) is 0.740. The highest BCUT2D eigenvalue weighted by Crippen LogP contribution is 2.34. The summed E-state index contributed by atoms with van der Waals surface area (Å²) in [6.07, 6.45) is 5.62. The Morgan fingerprint density at radius 3 is 2.83 bits per heavy atom. The lowest BCUT2D eigenvalue weighted by molar-refractivity contribution is 0.254. The summed E-state index contributed by atoms with van der Waals surface area (Å²) in [5.41, 5.74) is 5.73. The maximum atomic E-state index is 9.22. The van der Waals surface area contributed by atoms with Gasteiger partial charge in [-0.2, -0.15) is 4.98 Å². The average molecular weight is 349 g/mol. The molecule has 1 aliphatic carbocycles. The number of nitrogens with zero attached hydrogens (tertiary/aromatic N) is 2. The van der Waals surface area contributed by atoms with E-state index in [0.717, 1.165) is 25.7 Å². The molecule has 1 fully saturated rings. The van der Waals surface area contributed by atoms with Crippen molar-refractivity contribution >= 4 is 23.4 Å². The van der Waals surface area contributed by atoms with Crippen LogP contribution in [-0.2, 0) is 0 Å². The molecule has 24 heavy (non-hydrogen) atoms. The molecule has 1 aromatic carbocycles. The normalized spacial score (nSPS) is 20.1. The maximum Gasteiger partial charge on any atom is 0.222 e. The first-order valence-corrected chi connectivity index (χ1v) is 8.47. The topological polar surface area (TPSA) is 93.3 Å². The number of aliphatic hydroxyl groups excluding tert-OH is 1. The van der Waals surface area contributed by atoms with Crippen LogP contribution in [0, 0.1) is 5.92 Å². The van der Waals surface area contributed by atoms with Crippen LogP contribution >= 0.6 is 11.6 Å². The summed E-state index contributed by atoms with van der Waals surface area (Å²) in [6, 6.07) is 7.34. The number of nitrogen functional groups attached to an aromatic ring is 1. The van der Waals surface area contributed by atoms with Gasteiger partial charge >= 0.3 is 0 Å². The lowest BCUT2D eigenvalue weighted by atomic mass is 10.00. The second kappa shape index (κ2) is 7.68. The number of ether oxygens (including phenoxy) is 1. The van der Waals surface area contributed by atoms with Gasteiger partial charge in [0.15, 0.2) is 11.6 Å². The smallest absolute Gasteiger partial charge is 0.222 e. The van der Waals surface area contributed by atoms with E-state index in [9.17, 15) is 5.11 Å². The Kier molecular flexibility index (Phi) is 5.37. The number of nitrogens with one attached hydrogen (secondary N) is 1. The molecule has 0 bridgehead atoms. The van der Waals surface area contributed by atoms with Crippen LogP contribution in [0.2, 0.25) is 5.02 Å². The van der Waals surface area contributed by atoms with E-state index in [1.165, 1.54) is 0 Å². The first-order valence-electron chi connectivity index (χ1n) is 8.09. The molecule has 2 aromatic rings. The molecule has 1 saturated carbocycles. The van der Waals surface area contributed by atoms with Gasteiger partial charge in [-0.15, -0.1) is 0 Å². The lowest BCUT2D eigenvalue weighted by Crippen LogP contribution is -2.25. The zero-order valence-corrected chi connectivity index (χ0v) is 14.0. The number of hydrogen-bond acceptors (Lipinski definition) is 6. The molecule has 1 aliphatic rings. The van der Waals surface area contributed by atoms with Gasteiger partial charge < -0.3 is 20.9 Å². The molecule has 0 unspecified atom stereocenters. The summed E-state index contributed by atoms with van der Waals surface area (Å²) in [6.45, 7) is 0.197. The Balaban J connectivity index is 1.79.